The number of halogens is 2. The summed E-state index contributed by atoms with van der Waals surface area (Å²) in [6.45, 7) is 0. The van der Waals surface area contributed by atoms with E-state index in [-0.39, 0.29) is 17.3 Å². The fraction of sp³-hybridized carbons (Fsp3) is 0. The number of rotatable bonds is 3. The lowest BCUT2D eigenvalue weighted by molar-refractivity contribution is -0.384. The predicted molar refractivity (Wildman–Crippen MR) is 72.7 cm³/mol. The molecule has 0 saturated heterocycles. The Hall–Kier alpha value is -2.22. The molecule has 0 aliphatic heterocycles. The van der Waals surface area contributed by atoms with Crippen molar-refractivity contribution in [2.24, 2.45) is 0 Å². The smallest absolute Gasteiger partial charge is 0.311 e. The number of aromatic nitrogens is 1. The zero-order chi connectivity index (χ0) is 14.0. The lowest BCUT2D eigenvalue weighted by Crippen LogP contribution is -2.02. The highest BCUT2D eigenvalue weighted by atomic mass is 79.9. The van der Waals surface area contributed by atoms with E-state index in [9.17, 15) is 14.5 Å². The molecule has 0 amide bonds. The van der Waals surface area contributed by atoms with Crippen molar-refractivity contribution < 1.29 is 9.31 Å². The van der Waals surface area contributed by atoms with Crippen LogP contribution < -0.4 is 11.1 Å². The molecule has 1 aromatic carbocycles. The van der Waals surface area contributed by atoms with Crippen LogP contribution in [0.3, 0.4) is 0 Å². The number of hydrogen-bond donors (Lipinski definition) is 2. The molecule has 2 aromatic rings. The molecular weight excluding hydrogens is 319 g/mol. The van der Waals surface area contributed by atoms with Gasteiger partial charge in [0.15, 0.2) is 0 Å². The van der Waals surface area contributed by atoms with E-state index in [1.807, 2.05) is 0 Å². The van der Waals surface area contributed by atoms with E-state index in [0.717, 1.165) is 0 Å². The topological polar surface area (TPSA) is 94.1 Å². The second-order valence-electron chi connectivity index (χ2n) is 3.61. The minimum Gasteiger partial charge on any atom is -0.384 e. The molecule has 1 aromatic heterocycles. The maximum atomic E-state index is 13.1. The largest absolute Gasteiger partial charge is 0.384 e. The monoisotopic (exact) mass is 326 g/mol. The Balaban J connectivity index is 2.45. The first-order chi connectivity index (χ1) is 8.97. The quantitative estimate of drug-likeness (QED) is 0.667. The van der Waals surface area contributed by atoms with E-state index in [4.69, 9.17) is 5.73 Å². The Morgan fingerprint density at radius 2 is 2.11 bits per heavy atom. The number of nitrogen functional groups attached to an aromatic ring is 1. The lowest BCUT2D eigenvalue weighted by atomic mass is 10.3. The van der Waals surface area contributed by atoms with E-state index >= 15 is 0 Å². The first-order valence-corrected chi connectivity index (χ1v) is 5.89. The number of nitro groups is 1. The zero-order valence-electron chi connectivity index (χ0n) is 9.43. The number of nitrogens with two attached hydrogens (primary N) is 1. The standard InChI is InChI=1S/C11H8BrFN4O2/c12-7-2-1-6(13)5-8(7)15-11-9(17(18)19)3-4-10(14)16-11/h1-5H,(H3,14,15,16). The first kappa shape index (κ1) is 13.2. The molecule has 6 nitrogen and oxygen atoms in total. The number of hydrogen-bond acceptors (Lipinski definition) is 5. The van der Waals surface area contributed by atoms with Crippen LogP contribution in [-0.4, -0.2) is 9.91 Å². The van der Waals surface area contributed by atoms with Crippen LogP contribution in [0, 0.1) is 15.9 Å². The van der Waals surface area contributed by atoms with Gasteiger partial charge in [0, 0.05) is 10.5 Å². The molecule has 0 fully saturated rings. The molecule has 0 radical (unpaired) electrons. The second-order valence-corrected chi connectivity index (χ2v) is 4.46. The number of pyridine rings is 1. The first-order valence-electron chi connectivity index (χ1n) is 5.10. The van der Waals surface area contributed by atoms with E-state index in [1.165, 1.54) is 30.3 Å². The number of anilines is 3. The van der Waals surface area contributed by atoms with Gasteiger partial charge in [0.05, 0.1) is 10.6 Å². The van der Waals surface area contributed by atoms with Crippen LogP contribution in [-0.2, 0) is 0 Å². The molecule has 0 saturated carbocycles. The Morgan fingerprint density at radius 1 is 1.37 bits per heavy atom. The van der Waals surface area contributed by atoms with E-state index in [2.05, 4.69) is 26.2 Å². The van der Waals surface area contributed by atoms with Crippen molar-refractivity contribution in [2.75, 3.05) is 11.1 Å². The van der Waals surface area contributed by atoms with Crippen molar-refractivity contribution >= 4 is 38.9 Å². The molecule has 98 valence electrons. The summed E-state index contributed by atoms with van der Waals surface area (Å²) < 4.78 is 13.7. The SMILES string of the molecule is Nc1ccc([N+](=O)[O-])c(Nc2cc(F)ccc2Br)n1. The Labute approximate surface area is 115 Å². The fourth-order valence-electron chi connectivity index (χ4n) is 1.43. The second kappa shape index (κ2) is 5.19. The highest BCUT2D eigenvalue weighted by Gasteiger charge is 2.16. The van der Waals surface area contributed by atoms with Gasteiger partial charge < -0.3 is 11.1 Å². The van der Waals surface area contributed by atoms with Crippen LogP contribution in [0.1, 0.15) is 0 Å². The summed E-state index contributed by atoms with van der Waals surface area (Å²) in [5.74, 6) is -0.394. The van der Waals surface area contributed by atoms with Gasteiger partial charge in [0.25, 0.3) is 0 Å². The Bertz CT molecular complexity index is 651. The normalized spacial score (nSPS) is 10.2. The summed E-state index contributed by atoms with van der Waals surface area (Å²) in [6, 6.07) is 6.49. The molecule has 0 aliphatic carbocycles. The van der Waals surface area contributed by atoms with Gasteiger partial charge in [0.1, 0.15) is 11.6 Å². The highest BCUT2D eigenvalue weighted by Crippen LogP contribution is 2.30. The van der Waals surface area contributed by atoms with Crippen LogP contribution in [0.5, 0.6) is 0 Å². The third kappa shape index (κ3) is 2.97. The van der Waals surface area contributed by atoms with Gasteiger partial charge in [-0.05, 0) is 40.2 Å². The maximum absolute atomic E-state index is 13.1. The molecule has 0 bridgehead atoms. The highest BCUT2D eigenvalue weighted by molar-refractivity contribution is 9.10. The summed E-state index contributed by atoms with van der Waals surface area (Å²) in [5, 5.41) is 13.6. The van der Waals surface area contributed by atoms with E-state index in [1.54, 1.807) is 0 Å². The molecule has 8 heteroatoms. The van der Waals surface area contributed by atoms with E-state index < -0.39 is 10.7 Å². The van der Waals surface area contributed by atoms with Crippen LogP contribution in [0.2, 0.25) is 0 Å². The fourth-order valence-corrected chi connectivity index (χ4v) is 1.77. The molecule has 1 heterocycles. The van der Waals surface area contributed by atoms with Crippen LogP contribution in [0.4, 0.5) is 27.4 Å². The average Bonchev–Trinajstić information content (AvgIpc) is 2.33. The Kier molecular flexibility index (Phi) is 3.61. The summed E-state index contributed by atoms with van der Waals surface area (Å²) in [7, 11) is 0. The van der Waals surface area contributed by atoms with Crippen molar-refractivity contribution in [1.29, 1.82) is 0 Å². The summed E-state index contributed by atoms with van der Waals surface area (Å²) in [6.07, 6.45) is 0. The molecule has 3 N–H and O–H groups in total. The van der Waals surface area contributed by atoms with Crippen LogP contribution in [0.25, 0.3) is 0 Å². The number of nitrogens with one attached hydrogen (secondary N) is 1. The van der Waals surface area contributed by atoms with Gasteiger partial charge in [-0.1, -0.05) is 0 Å². The van der Waals surface area contributed by atoms with Crippen molar-refractivity contribution in [3.63, 3.8) is 0 Å². The van der Waals surface area contributed by atoms with E-state index in [0.29, 0.717) is 10.2 Å². The lowest BCUT2D eigenvalue weighted by Gasteiger charge is -2.08. The third-order valence-electron chi connectivity index (χ3n) is 2.27. The summed E-state index contributed by atoms with van der Waals surface area (Å²) in [4.78, 5) is 14.1. The zero-order valence-corrected chi connectivity index (χ0v) is 11.0. The van der Waals surface area contributed by atoms with Crippen LogP contribution >= 0.6 is 15.9 Å². The number of benzene rings is 1. The van der Waals surface area contributed by atoms with Crippen molar-refractivity contribution in [3.8, 4) is 0 Å². The molecule has 2 rings (SSSR count). The van der Waals surface area contributed by atoms with Gasteiger partial charge in [-0.15, -0.1) is 0 Å². The molecular formula is C11H8BrFN4O2. The van der Waals surface area contributed by atoms with Gasteiger partial charge in [-0.2, -0.15) is 0 Å². The summed E-state index contributed by atoms with van der Waals surface area (Å²) >= 11 is 3.21. The third-order valence-corrected chi connectivity index (χ3v) is 2.97. The van der Waals surface area contributed by atoms with Crippen molar-refractivity contribution in [1.82, 2.24) is 4.98 Å². The number of nitrogens with zero attached hydrogens (tertiary/aromatic N) is 2. The average molecular weight is 327 g/mol. The van der Waals surface area contributed by atoms with Gasteiger partial charge in [0.2, 0.25) is 5.82 Å². The van der Waals surface area contributed by atoms with Gasteiger partial charge in [-0.3, -0.25) is 10.1 Å². The van der Waals surface area contributed by atoms with Gasteiger partial charge in [-0.25, -0.2) is 9.37 Å². The predicted octanol–water partition coefficient (Wildman–Crippen LogP) is 3.22. The van der Waals surface area contributed by atoms with Gasteiger partial charge >= 0.3 is 5.69 Å². The molecule has 19 heavy (non-hydrogen) atoms. The maximum Gasteiger partial charge on any atom is 0.311 e. The minimum atomic E-state index is -0.595. The molecule has 0 atom stereocenters. The molecule has 0 unspecified atom stereocenters. The molecule has 0 aliphatic rings. The van der Waals surface area contributed by atoms with Crippen molar-refractivity contribution in [3.05, 3.63) is 50.7 Å². The van der Waals surface area contributed by atoms with Crippen LogP contribution in [0.15, 0.2) is 34.8 Å². The summed E-state index contributed by atoms with van der Waals surface area (Å²) in [5.41, 5.74) is 5.57. The molecule has 0 spiro atoms. The Morgan fingerprint density at radius 3 is 2.79 bits per heavy atom. The minimum absolute atomic E-state index is 0.0451. The van der Waals surface area contributed by atoms with Crippen molar-refractivity contribution in [2.45, 2.75) is 0 Å².